The highest BCUT2D eigenvalue weighted by Gasteiger charge is 2.28. The molecule has 0 saturated carbocycles. The SMILES string of the molecule is CCNC(=NCC(C)(C)c1ccc2c(c1)OCCO2)N1CCC(C(=O)OCC)CC1.I. The van der Waals surface area contributed by atoms with Gasteiger partial charge >= 0.3 is 5.97 Å². The van der Waals surface area contributed by atoms with Crippen LogP contribution in [0.25, 0.3) is 0 Å². The van der Waals surface area contributed by atoms with E-state index in [0.29, 0.717) is 26.4 Å². The predicted octanol–water partition coefficient (Wildman–Crippen LogP) is 3.59. The number of guanidine groups is 1. The van der Waals surface area contributed by atoms with Crippen LogP contribution >= 0.6 is 24.0 Å². The van der Waals surface area contributed by atoms with Crippen molar-refractivity contribution in [2.45, 2.75) is 46.0 Å². The largest absolute Gasteiger partial charge is 0.486 e. The molecule has 0 atom stereocenters. The van der Waals surface area contributed by atoms with Crippen LogP contribution in [0.3, 0.4) is 0 Å². The first kappa shape index (κ1) is 25.5. The Bertz CT molecular complexity index is 761. The minimum absolute atomic E-state index is 0. The van der Waals surface area contributed by atoms with Gasteiger partial charge in [0, 0.05) is 25.0 Å². The highest BCUT2D eigenvalue weighted by molar-refractivity contribution is 14.0. The number of piperidine rings is 1. The molecule has 3 rings (SSSR count). The van der Waals surface area contributed by atoms with Crippen LogP contribution in [0.1, 0.15) is 46.1 Å². The number of benzene rings is 1. The number of aliphatic imine (C=N–C) groups is 1. The summed E-state index contributed by atoms with van der Waals surface area (Å²) in [5.74, 6) is 2.45. The number of carbonyl (C=O) groups is 1. The second-order valence-electron chi connectivity index (χ2n) is 8.43. The minimum Gasteiger partial charge on any atom is -0.486 e. The Hall–Kier alpha value is -1.71. The third kappa shape index (κ3) is 6.63. The Kier molecular flexibility index (Phi) is 9.71. The maximum absolute atomic E-state index is 12.0. The molecule has 174 valence electrons. The number of hydrogen-bond donors (Lipinski definition) is 1. The van der Waals surface area contributed by atoms with Gasteiger partial charge in [0.1, 0.15) is 13.2 Å². The van der Waals surface area contributed by atoms with E-state index in [1.54, 1.807) is 0 Å². The van der Waals surface area contributed by atoms with Crippen molar-refractivity contribution in [1.29, 1.82) is 0 Å². The van der Waals surface area contributed by atoms with Gasteiger partial charge in [0.2, 0.25) is 0 Å². The van der Waals surface area contributed by atoms with Crippen LogP contribution in [0.2, 0.25) is 0 Å². The molecule has 0 bridgehead atoms. The molecule has 7 nitrogen and oxygen atoms in total. The minimum atomic E-state index is -0.153. The molecule has 0 amide bonds. The number of nitrogens with one attached hydrogen (secondary N) is 1. The van der Waals surface area contributed by atoms with E-state index in [1.165, 1.54) is 5.56 Å². The fourth-order valence-corrected chi connectivity index (χ4v) is 3.84. The zero-order valence-corrected chi connectivity index (χ0v) is 21.4. The van der Waals surface area contributed by atoms with Crippen molar-refractivity contribution in [2.24, 2.45) is 10.9 Å². The third-order valence-electron chi connectivity index (χ3n) is 5.70. The Labute approximate surface area is 202 Å². The van der Waals surface area contributed by atoms with Gasteiger partial charge < -0.3 is 24.4 Å². The zero-order chi connectivity index (χ0) is 21.6. The summed E-state index contributed by atoms with van der Waals surface area (Å²) in [6.45, 7) is 13.0. The lowest BCUT2D eigenvalue weighted by Gasteiger charge is -2.34. The second kappa shape index (κ2) is 11.8. The Morgan fingerprint density at radius 1 is 1.19 bits per heavy atom. The van der Waals surface area contributed by atoms with E-state index in [2.05, 4.69) is 43.1 Å². The number of nitrogens with zero attached hydrogens (tertiary/aromatic N) is 2. The first-order chi connectivity index (χ1) is 14.4. The molecule has 2 heterocycles. The van der Waals surface area contributed by atoms with Crippen molar-refractivity contribution in [3.63, 3.8) is 0 Å². The summed E-state index contributed by atoms with van der Waals surface area (Å²) in [7, 11) is 0. The summed E-state index contributed by atoms with van der Waals surface area (Å²) < 4.78 is 16.6. The lowest BCUT2D eigenvalue weighted by molar-refractivity contribution is -0.149. The van der Waals surface area contributed by atoms with Gasteiger partial charge in [-0.15, -0.1) is 24.0 Å². The standard InChI is InChI=1S/C23H35N3O4.HI/c1-5-24-22(26-11-9-17(10-12-26)21(27)28-6-2)25-16-23(3,4)18-7-8-19-20(15-18)30-14-13-29-19;/h7-8,15,17H,5-6,9-14,16H2,1-4H3,(H,24,25);1H. The molecule has 1 saturated heterocycles. The molecule has 31 heavy (non-hydrogen) atoms. The van der Waals surface area contributed by atoms with Gasteiger partial charge in [-0.2, -0.15) is 0 Å². The van der Waals surface area contributed by atoms with Crippen LogP contribution in [0.15, 0.2) is 23.2 Å². The van der Waals surface area contributed by atoms with Gasteiger partial charge in [0.25, 0.3) is 0 Å². The lowest BCUT2D eigenvalue weighted by atomic mass is 9.84. The molecular weight excluding hydrogens is 509 g/mol. The van der Waals surface area contributed by atoms with Gasteiger partial charge in [0.05, 0.1) is 19.1 Å². The second-order valence-corrected chi connectivity index (χ2v) is 8.43. The zero-order valence-electron chi connectivity index (χ0n) is 19.1. The summed E-state index contributed by atoms with van der Waals surface area (Å²) >= 11 is 0. The van der Waals surface area contributed by atoms with Gasteiger partial charge in [-0.3, -0.25) is 9.79 Å². The lowest BCUT2D eigenvalue weighted by Crippen LogP contribution is -2.47. The molecule has 1 aromatic rings. The van der Waals surface area contributed by atoms with Crippen LogP contribution in [-0.2, 0) is 14.9 Å². The maximum Gasteiger partial charge on any atom is 0.309 e. The van der Waals surface area contributed by atoms with E-state index < -0.39 is 0 Å². The van der Waals surface area contributed by atoms with Gasteiger partial charge in [-0.05, 0) is 44.4 Å². The monoisotopic (exact) mass is 545 g/mol. The quantitative estimate of drug-likeness (QED) is 0.255. The van der Waals surface area contributed by atoms with Crippen LogP contribution in [0.5, 0.6) is 11.5 Å². The van der Waals surface area contributed by atoms with Crippen molar-refractivity contribution in [3.8, 4) is 11.5 Å². The number of hydrogen-bond acceptors (Lipinski definition) is 5. The Morgan fingerprint density at radius 3 is 2.52 bits per heavy atom. The number of ether oxygens (including phenoxy) is 3. The molecule has 1 N–H and O–H groups in total. The highest BCUT2D eigenvalue weighted by atomic mass is 127. The maximum atomic E-state index is 12.0. The molecule has 1 aromatic carbocycles. The number of halogens is 1. The van der Waals surface area contributed by atoms with Crippen molar-refractivity contribution < 1.29 is 19.0 Å². The number of carbonyl (C=O) groups excluding carboxylic acids is 1. The van der Waals surface area contributed by atoms with E-state index in [9.17, 15) is 4.79 Å². The van der Waals surface area contributed by atoms with E-state index in [-0.39, 0.29) is 41.3 Å². The van der Waals surface area contributed by atoms with Crippen LogP contribution in [-0.4, -0.2) is 62.8 Å². The highest BCUT2D eigenvalue weighted by Crippen LogP contribution is 2.35. The molecular formula is C23H36IN3O4. The van der Waals surface area contributed by atoms with Gasteiger partial charge in [-0.25, -0.2) is 0 Å². The third-order valence-corrected chi connectivity index (χ3v) is 5.70. The number of esters is 1. The Morgan fingerprint density at radius 2 is 1.87 bits per heavy atom. The fourth-order valence-electron chi connectivity index (χ4n) is 3.84. The number of fused-ring (bicyclic) bond motifs is 1. The topological polar surface area (TPSA) is 72.4 Å². The summed E-state index contributed by atoms with van der Waals surface area (Å²) in [5, 5.41) is 3.41. The van der Waals surface area contributed by atoms with Crippen molar-refractivity contribution >= 4 is 35.9 Å². The molecule has 0 aromatic heterocycles. The number of rotatable bonds is 6. The van der Waals surface area contributed by atoms with Crippen LogP contribution < -0.4 is 14.8 Å². The molecule has 1 fully saturated rings. The van der Waals surface area contributed by atoms with Crippen molar-refractivity contribution in [2.75, 3.05) is 46.0 Å². The average Bonchev–Trinajstić information content (AvgIpc) is 2.76. The fraction of sp³-hybridized carbons (Fsp3) is 0.652. The van der Waals surface area contributed by atoms with E-state index in [0.717, 1.165) is 49.9 Å². The van der Waals surface area contributed by atoms with Crippen molar-refractivity contribution in [1.82, 2.24) is 10.2 Å². The molecule has 8 heteroatoms. The molecule has 0 aliphatic carbocycles. The smallest absolute Gasteiger partial charge is 0.309 e. The van der Waals surface area contributed by atoms with Crippen LogP contribution in [0.4, 0.5) is 0 Å². The summed E-state index contributed by atoms with van der Waals surface area (Å²) in [6, 6.07) is 6.16. The summed E-state index contributed by atoms with van der Waals surface area (Å²) in [5.41, 5.74) is 1.02. The molecule has 0 spiro atoms. The first-order valence-electron chi connectivity index (χ1n) is 11.0. The van der Waals surface area contributed by atoms with E-state index in [1.807, 2.05) is 13.0 Å². The summed E-state index contributed by atoms with van der Waals surface area (Å²) in [4.78, 5) is 19.2. The Balaban J connectivity index is 0.00000341. The molecule has 2 aliphatic heterocycles. The normalized spacial score (nSPS) is 17.0. The molecule has 2 aliphatic rings. The van der Waals surface area contributed by atoms with Crippen LogP contribution in [0, 0.1) is 5.92 Å². The summed E-state index contributed by atoms with van der Waals surface area (Å²) in [6.07, 6.45) is 1.60. The first-order valence-corrected chi connectivity index (χ1v) is 11.0. The molecule has 0 unspecified atom stereocenters. The van der Waals surface area contributed by atoms with Gasteiger partial charge in [-0.1, -0.05) is 19.9 Å². The predicted molar refractivity (Wildman–Crippen MR) is 133 cm³/mol. The van der Waals surface area contributed by atoms with E-state index in [4.69, 9.17) is 19.2 Å². The van der Waals surface area contributed by atoms with E-state index >= 15 is 0 Å². The van der Waals surface area contributed by atoms with Gasteiger partial charge in [0.15, 0.2) is 17.5 Å². The van der Waals surface area contributed by atoms with Crippen molar-refractivity contribution in [3.05, 3.63) is 23.8 Å². The number of likely N-dealkylation sites (tertiary alicyclic amines) is 1. The average molecular weight is 545 g/mol. The molecule has 0 radical (unpaired) electrons.